The topological polar surface area (TPSA) is 138 Å². The third kappa shape index (κ3) is 7.59. The number of carbonyl (C=O) groups is 3. The molecule has 2 N–H and O–H groups in total. The van der Waals surface area contributed by atoms with Gasteiger partial charge < -0.3 is 29.5 Å². The average Bonchev–Trinajstić information content (AvgIpc) is 3.52. The Hall–Kier alpha value is -3.47. The van der Waals surface area contributed by atoms with E-state index in [2.05, 4.69) is 15.5 Å². The minimum absolute atomic E-state index is 0.00292. The van der Waals surface area contributed by atoms with Gasteiger partial charge in [-0.3, -0.25) is 14.4 Å². The molecule has 3 atom stereocenters. The van der Waals surface area contributed by atoms with Crippen LogP contribution < -0.4 is 10.1 Å². The van der Waals surface area contributed by atoms with Gasteiger partial charge in [0.15, 0.2) is 6.61 Å². The Balaban J connectivity index is 1.78. The Morgan fingerprint density at radius 1 is 1.20 bits per heavy atom. The second-order valence-electron chi connectivity index (χ2n) is 12.1. The third-order valence-electron chi connectivity index (χ3n) is 6.88. The molecule has 0 spiro atoms. The lowest BCUT2D eigenvalue weighted by atomic mass is 9.97. The van der Waals surface area contributed by atoms with E-state index < -0.39 is 30.0 Å². The highest BCUT2D eigenvalue weighted by Gasteiger charge is 2.43. The first kappa shape index (κ1) is 31.1. The fourth-order valence-electron chi connectivity index (χ4n) is 4.45. The van der Waals surface area contributed by atoms with E-state index in [1.165, 1.54) is 4.90 Å². The predicted molar refractivity (Wildman–Crippen MR) is 149 cm³/mol. The normalized spacial score (nSPS) is 18.2. The number of rotatable bonds is 10. The van der Waals surface area contributed by atoms with E-state index in [1.54, 1.807) is 36.2 Å². The van der Waals surface area contributed by atoms with Crippen LogP contribution in [0.25, 0.3) is 0 Å². The molecular formula is C29H43N5O6. The number of nitrogens with one attached hydrogen (secondary N) is 1. The lowest BCUT2D eigenvalue weighted by Crippen LogP contribution is -2.54. The molecule has 3 amide bonds. The first-order valence-electron chi connectivity index (χ1n) is 13.8. The van der Waals surface area contributed by atoms with Gasteiger partial charge in [-0.15, -0.1) is 0 Å². The summed E-state index contributed by atoms with van der Waals surface area (Å²) in [6.45, 7) is 13.6. The van der Waals surface area contributed by atoms with Crippen LogP contribution in [0.1, 0.15) is 83.4 Å². The first-order chi connectivity index (χ1) is 18.7. The molecule has 3 rings (SSSR count). The van der Waals surface area contributed by atoms with Crippen molar-refractivity contribution in [3.05, 3.63) is 41.5 Å². The van der Waals surface area contributed by atoms with Gasteiger partial charge in [0.05, 0.1) is 11.7 Å². The van der Waals surface area contributed by atoms with Crippen molar-refractivity contribution in [2.24, 2.45) is 5.92 Å². The van der Waals surface area contributed by atoms with E-state index in [9.17, 15) is 19.5 Å². The number of benzene rings is 1. The van der Waals surface area contributed by atoms with Crippen molar-refractivity contribution in [3.63, 3.8) is 0 Å². The number of hydrogen-bond donors (Lipinski definition) is 2. The summed E-state index contributed by atoms with van der Waals surface area (Å²) in [5.41, 5.74) is -0.0579. The number of ether oxygens (including phenoxy) is 1. The number of β-amino-alcohol motifs (C(OH)–C–C–N with tert-alkyl or cyclic N) is 1. The monoisotopic (exact) mass is 557 g/mol. The third-order valence-corrected chi connectivity index (χ3v) is 6.88. The lowest BCUT2D eigenvalue weighted by Gasteiger charge is -2.32. The van der Waals surface area contributed by atoms with Crippen molar-refractivity contribution >= 4 is 17.7 Å². The number of likely N-dealkylation sites (tertiary alicyclic amines) is 1. The van der Waals surface area contributed by atoms with Crippen molar-refractivity contribution in [2.75, 3.05) is 13.6 Å². The van der Waals surface area contributed by atoms with Gasteiger partial charge in [-0.2, -0.15) is 4.98 Å². The minimum atomic E-state index is -0.892. The maximum atomic E-state index is 13.8. The summed E-state index contributed by atoms with van der Waals surface area (Å²) in [5, 5.41) is 17.2. The predicted octanol–water partition coefficient (Wildman–Crippen LogP) is 2.92. The summed E-state index contributed by atoms with van der Waals surface area (Å²) in [7, 11) is 1.68. The maximum Gasteiger partial charge on any atom is 0.255 e. The molecule has 0 aliphatic carbocycles. The SMILES string of the molecule is CC(C)C[C@@H](NC(=O)c1ccccc1OCc1noc(C(C)(C)C)n1)C(=O)N1C[C@@H](O)C[C@@H]1C(=O)N(C)C(C)C. The molecule has 220 valence electrons. The highest BCUT2D eigenvalue weighted by atomic mass is 16.5. The Bertz CT molecular complexity index is 1190. The van der Waals surface area contributed by atoms with Crippen molar-refractivity contribution < 1.29 is 28.8 Å². The standard InChI is InChI=1S/C29H43N5O6/c1-17(2)13-21(26(37)34-15-19(35)14-22(34)27(38)33(8)18(3)4)30-25(36)20-11-9-10-12-23(20)39-16-24-31-28(40-32-24)29(5,6)7/h9-12,17-19,21-22,35H,13-16H2,1-8H3,(H,30,36)/t19-,21+,22+/m0/s1. The molecular weight excluding hydrogens is 514 g/mol. The number of nitrogens with zero attached hydrogens (tertiary/aromatic N) is 4. The zero-order valence-electron chi connectivity index (χ0n) is 24.8. The lowest BCUT2D eigenvalue weighted by molar-refractivity contribution is -0.145. The highest BCUT2D eigenvalue weighted by molar-refractivity contribution is 6.00. The van der Waals surface area contributed by atoms with E-state index in [0.717, 1.165) is 0 Å². The zero-order valence-corrected chi connectivity index (χ0v) is 24.8. The Labute approximate surface area is 236 Å². The molecule has 0 bridgehead atoms. The van der Waals surface area contributed by atoms with Gasteiger partial charge in [0.1, 0.15) is 17.8 Å². The molecule has 1 aliphatic heterocycles. The number of amides is 3. The van der Waals surface area contributed by atoms with Crippen LogP contribution in [0.15, 0.2) is 28.8 Å². The molecule has 0 saturated carbocycles. The van der Waals surface area contributed by atoms with Gasteiger partial charge >= 0.3 is 0 Å². The molecule has 1 saturated heterocycles. The summed E-state index contributed by atoms with van der Waals surface area (Å²) in [6.07, 6.45) is -0.292. The van der Waals surface area contributed by atoms with Crippen molar-refractivity contribution in [1.82, 2.24) is 25.3 Å². The van der Waals surface area contributed by atoms with Crippen molar-refractivity contribution in [1.29, 1.82) is 0 Å². The average molecular weight is 558 g/mol. The van der Waals surface area contributed by atoms with Crippen LogP contribution in [0, 0.1) is 5.92 Å². The molecule has 40 heavy (non-hydrogen) atoms. The summed E-state index contributed by atoms with van der Waals surface area (Å²) < 4.78 is 11.2. The molecule has 1 aromatic carbocycles. The van der Waals surface area contributed by atoms with Crippen LogP contribution in [0.3, 0.4) is 0 Å². The maximum absolute atomic E-state index is 13.8. The van der Waals surface area contributed by atoms with Crippen LogP contribution in [-0.2, 0) is 21.6 Å². The van der Waals surface area contributed by atoms with E-state index in [-0.39, 0.29) is 48.4 Å². The number of aliphatic hydroxyl groups is 1. The van der Waals surface area contributed by atoms with Crippen molar-refractivity contribution in [2.45, 2.75) is 97.6 Å². The molecule has 1 aromatic heterocycles. The number of aromatic nitrogens is 2. The van der Waals surface area contributed by atoms with Gasteiger partial charge in [-0.25, -0.2) is 0 Å². The number of para-hydroxylation sites is 1. The quantitative estimate of drug-likeness (QED) is 0.455. The van der Waals surface area contributed by atoms with Crippen molar-refractivity contribution in [3.8, 4) is 5.75 Å². The second kappa shape index (κ2) is 12.8. The fourth-order valence-corrected chi connectivity index (χ4v) is 4.45. The largest absolute Gasteiger partial charge is 0.485 e. The zero-order chi connectivity index (χ0) is 29.8. The second-order valence-corrected chi connectivity index (χ2v) is 12.1. The van der Waals surface area contributed by atoms with Gasteiger partial charge in [0.25, 0.3) is 5.91 Å². The Kier molecular flexibility index (Phi) is 9.94. The number of aliphatic hydroxyl groups excluding tert-OH is 1. The number of likely N-dealkylation sites (N-methyl/N-ethyl adjacent to an activating group) is 1. The fraction of sp³-hybridized carbons (Fsp3) is 0.621. The van der Waals surface area contributed by atoms with E-state index in [1.807, 2.05) is 48.5 Å². The molecule has 1 aliphatic rings. The van der Waals surface area contributed by atoms with E-state index in [0.29, 0.717) is 23.9 Å². The van der Waals surface area contributed by atoms with Gasteiger partial charge in [-0.05, 0) is 38.3 Å². The Morgan fingerprint density at radius 2 is 1.88 bits per heavy atom. The molecule has 1 fully saturated rings. The van der Waals surface area contributed by atoms with Crippen LogP contribution in [-0.4, -0.2) is 80.6 Å². The van der Waals surface area contributed by atoms with Crippen LogP contribution in [0.5, 0.6) is 5.75 Å². The first-order valence-corrected chi connectivity index (χ1v) is 13.8. The molecule has 11 nitrogen and oxygen atoms in total. The molecule has 2 aromatic rings. The van der Waals surface area contributed by atoms with Crippen LogP contribution in [0.2, 0.25) is 0 Å². The minimum Gasteiger partial charge on any atom is -0.485 e. The molecule has 0 unspecified atom stereocenters. The van der Waals surface area contributed by atoms with Gasteiger partial charge in [-0.1, -0.05) is 51.9 Å². The number of hydrogen-bond acceptors (Lipinski definition) is 8. The molecule has 2 heterocycles. The van der Waals surface area contributed by atoms with E-state index in [4.69, 9.17) is 9.26 Å². The van der Waals surface area contributed by atoms with E-state index >= 15 is 0 Å². The molecule has 0 radical (unpaired) electrons. The summed E-state index contributed by atoms with van der Waals surface area (Å²) >= 11 is 0. The number of carbonyl (C=O) groups excluding carboxylic acids is 3. The Morgan fingerprint density at radius 3 is 2.48 bits per heavy atom. The molecule has 11 heteroatoms. The summed E-state index contributed by atoms with van der Waals surface area (Å²) in [6, 6.07) is 4.99. The van der Waals surface area contributed by atoms with Crippen LogP contribution in [0.4, 0.5) is 0 Å². The smallest absolute Gasteiger partial charge is 0.255 e. The van der Waals surface area contributed by atoms with Gasteiger partial charge in [0.2, 0.25) is 23.5 Å². The summed E-state index contributed by atoms with van der Waals surface area (Å²) in [5.74, 6) is 0.105. The van der Waals surface area contributed by atoms with Crippen LogP contribution >= 0.6 is 0 Å². The highest BCUT2D eigenvalue weighted by Crippen LogP contribution is 2.25. The summed E-state index contributed by atoms with van der Waals surface area (Å²) in [4.78, 5) is 47.7. The van der Waals surface area contributed by atoms with Gasteiger partial charge in [0, 0.05) is 31.5 Å².